The van der Waals surface area contributed by atoms with Crippen LogP contribution in [0, 0.1) is 5.92 Å². The first-order valence-corrected chi connectivity index (χ1v) is 13.3. The van der Waals surface area contributed by atoms with Crippen molar-refractivity contribution in [1.82, 2.24) is 9.97 Å². The summed E-state index contributed by atoms with van der Waals surface area (Å²) < 4.78 is 19.8. The standard InChI is InChI=1S/C29H45FN2O/c1-4-6-7-8-9-10-14-25-16-18-26(19-17-25)29-31-22-28(23-32-29)33-21-20-27(30)15-11-13-24(3)12-5-2/h16-19,22-24,27H,4-15,20-21H2,1-3H3. The number of aryl methyl sites for hydroxylation is 1. The van der Waals surface area contributed by atoms with Gasteiger partial charge in [0.2, 0.25) is 0 Å². The highest BCUT2D eigenvalue weighted by molar-refractivity contribution is 5.55. The van der Waals surface area contributed by atoms with E-state index in [0.717, 1.165) is 24.8 Å². The molecule has 2 aromatic rings. The summed E-state index contributed by atoms with van der Waals surface area (Å²) in [5.74, 6) is 1.99. The number of aromatic nitrogens is 2. The lowest BCUT2D eigenvalue weighted by atomic mass is 9.98. The molecule has 3 nitrogen and oxygen atoms in total. The Morgan fingerprint density at radius 1 is 0.788 bits per heavy atom. The fourth-order valence-electron chi connectivity index (χ4n) is 4.24. The van der Waals surface area contributed by atoms with Crippen molar-refractivity contribution in [1.29, 1.82) is 0 Å². The number of nitrogens with zero attached hydrogens (tertiary/aromatic N) is 2. The Bertz CT molecular complexity index is 732. The smallest absolute Gasteiger partial charge is 0.159 e. The van der Waals surface area contributed by atoms with Gasteiger partial charge in [-0.15, -0.1) is 0 Å². The third-order valence-electron chi connectivity index (χ3n) is 6.35. The molecule has 33 heavy (non-hydrogen) atoms. The molecule has 2 atom stereocenters. The van der Waals surface area contributed by atoms with Gasteiger partial charge in [0.05, 0.1) is 19.0 Å². The van der Waals surface area contributed by atoms with Crippen LogP contribution in [0.3, 0.4) is 0 Å². The molecule has 0 bridgehead atoms. The molecule has 184 valence electrons. The van der Waals surface area contributed by atoms with Crippen LogP contribution in [-0.4, -0.2) is 22.7 Å². The fraction of sp³-hybridized carbons (Fsp3) is 0.655. The van der Waals surface area contributed by atoms with Gasteiger partial charge in [0.15, 0.2) is 11.6 Å². The molecule has 0 aliphatic carbocycles. The first-order chi connectivity index (χ1) is 16.1. The molecule has 1 heterocycles. The predicted octanol–water partition coefficient (Wildman–Crippen LogP) is 8.76. The molecule has 0 fully saturated rings. The van der Waals surface area contributed by atoms with Gasteiger partial charge < -0.3 is 4.74 Å². The number of alkyl halides is 1. The van der Waals surface area contributed by atoms with Crippen LogP contribution in [0.2, 0.25) is 0 Å². The van der Waals surface area contributed by atoms with Crippen LogP contribution in [0.1, 0.15) is 103 Å². The molecule has 1 aromatic heterocycles. The van der Waals surface area contributed by atoms with E-state index in [2.05, 4.69) is 55.0 Å². The van der Waals surface area contributed by atoms with Gasteiger partial charge in [-0.2, -0.15) is 0 Å². The summed E-state index contributed by atoms with van der Waals surface area (Å²) in [5, 5.41) is 0. The summed E-state index contributed by atoms with van der Waals surface area (Å²) in [6.45, 7) is 7.08. The largest absolute Gasteiger partial charge is 0.490 e. The second-order valence-corrected chi connectivity index (χ2v) is 9.52. The highest BCUT2D eigenvalue weighted by Crippen LogP contribution is 2.20. The number of unbranched alkanes of at least 4 members (excludes halogenated alkanes) is 5. The second kappa shape index (κ2) is 16.6. The monoisotopic (exact) mass is 456 g/mol. The molecule has 0 saturated heterocycles. The molecule has 0 aliphatic rings. The number of rotatable bonds is 18. The Morgan fingerprint density at radius 3 is 2.18 bits per heavy atom. The third kappa shape index (κ3) is 11.6. The molecule has 0 spiro atoms. The third-order valence-corrected chi connectivity index (χ3v) is 6.35. The van der Waals surface area contributed by atoms with Crippen LogP contribution < -0.4 is 4.74 Å². The quantitative estimate of drug-likeness (QED) is 0.210. The van der Waals surface area contributed by atoms with Crippen molar-refractivity contribution in [3.05, 3.63) is 42.2 Å². The molecule has 4 heteroatoms. The molecule has 0 N–H and O–H groups in total. The molecule has 0 aliphatic heterocycles. The lowest BCUT2D eigenvalue weighted by molar-refractivity contribution is 0.219. The van der Waals surface area contributed by atoms with E-state index in [1.54, 1.807) is 12.4 Å². The van der Waals surface area contributed by atoms with Crippen LogP contribution in [0.25, 0.3) is 11.4 Å². The van der Waals surface area contributed by atoms with E-state index in [-0.39, 0.29) is 0 Å². The van der Waals surface area contributed by atoms with E-state index in [1.807, 2.05) is 0 Å². The van der Waals surface area contributed by atoms with Gasteiger partial charge in [0.25, 0.3) is 0 Å². The van der Waals surface area contributed by atoms with E-state index in [4.69, 9.17) is 4.74 Å². The van der Waals surface area contributed by atoms with Crippen LogP contribution in [0.4, 0.5) is 4.39 Å². The molecule has 0 radical (unpaired) electrons. The van der Waals surface area contributed by atoms with Gasteiger partial charge >= 0.3 is 0 Å². The van der Waals surface area contributed by atoms with E-state index in [0.29, 0.717) is 36.9 Å². The molecule has 0 amide bonds. The number of hydrogen-bond donors (Lipinski definition) is 0. The second-order valence-electron chi connectivity index (χ2n) is 9.52. The maximum Gasteiger partial charge on any atom is 0.159 e. The Hall–Kier alpha value is -1.97. The van der Waals surface area contributed by atoms with E-state index in [1.165, 1.54) is 56.9 Å². The normalized spacial score (nSPS) is 13.1. The molecule has 2 unspecified atom stereocenters. The highest BCUT2D eigenvalue weighted by atomic mass is 19.1. The molecular formula is C29H45FN2O. The van der Waals surface area contributed by atoms with Crippen molar-refractivity contribution in [2.24, 2.45) is 5.92 Å². The van der Waals surface area contributed by atoms with Crippen LogP contribution in [0.15, 0.2) is 36.7 Å². The summed E-state index contributed by atoms with van der Waals surface area (Å²) in [7, 11) is 0. The van der Waals surface area contributed by atoms with Gasteiger partial charge in [0, 0.05) is 12.0 Å². The lowest BCUT2D eigenvalue weighted by Crippen LogP contribution is -2.08. The number of ether oxygens (including phenoxy) is 1. The molecule has 0 saturated carbocycles. The first-order valence-electron chi connectivity index (χ1n) is 13.3. The van der Waals surface area contributed by atoms with Gasteiger partial charge in [-0.3, -0.25) is 0 Å². The van der Waals surface area contributed by atoms with Crippen LogP contribution >= 0.6 is 0 Å². The Kier molecular flexibility index (Phi) is 13.7. The zero-order valence-corrected chi connectivity index (χ0v) is 21.2. The summed E-state index contributed by atoms with van der Waals surface area (Å²) in [6.07, 6.45) is 17.2. The Balaban J connectivity index is 1.66. The maximum atomic E-state index is 14.1. The molecular weight excluding hydrogens is 411 g/mol. The average molecular weight is 457 g/mol. The average Bonchev–Trinajstić information content (AvgIpc) is 2.82. The lowest BCUT2D eigenvalue weighted by Gasteiger charge is -2.12. The summed E-state index contributed by atoms with van der Waals surface area (Å²) in [5.41, 5.74) is 2.38. The van der Waals surface area contributed by atoms with Crippen molar-refractivity contribution >= 4 is 0 Å². The maximum absolute atomic E-state index is 14.1. The predicted molar refractivity (Wildman–Crippen MR) is 137 cm³/mol. The summed E-state index contributed by atoms with van der Waals surface area (Å²) >= 11 is 0. The fourth-order valence-corrected chi connectivity index (χ4v) is 4.24. The van der Waals surface area contributed by atoms with Crippen molar-refractivity contribution in [3.8, 4) is 17.1 Å². The van der Waals surface area contributed by atoms with Gasteiger partial charge in [-0.1, -0.05) is 103 Å². The van der Waals surface area contributed by atoms with Gasteiger partial charge in [0.1, 0.15) is 6.17 Å². The van der Waals surface area contributed by atoms with Crippen molar-refractivity contribution in [3.63, 3.8) is 0 Å². The topological polar surface area (TPSA) is 35.0 Å². The molecule has 2 rings (SSSR count). The van der Waals surface area contributed by atoms with Crippen LogP contribution in [0.5, 0.6) is 5.75 Å². The number of benzene rings is 1. The van der Waals surface area contributed by atoms with E-state index >= 15 is 0 Å². The Labute approximate surface area is 201 Å². The minimum Gasteiger partial charge on any atom is -0.490 e. The molecule has 1 aromatic carbocycles. The first kappa shape index (κ1) is 27.3. The minimum absolute atomic E-state index is 0.363. The minimum atomic E-state index is -0.797. The highest BCUT2D eigenvalue weighted by Gasteiger charge is 2.09. The zero-order valence-electron chi connectivity index (χ0n) is 21.2. The number of halogens is 1. The SMILES string of the molecule is CCCCCCCCc1ccc(-c2ncc(OCCC(F)CCCC(C)CCC)cn2)cc1. The summed E-state index contributed by atoms with van der Waals surface area (Å²) in [6, 6.07) is 8.55. The van der Waals surface area contributed by atoms with Crippen molar-refractivity contribution in [2.75, 3.05) is 6.61 Å². The van der Waals surface area contributed by atoms with Crippen LogP contribution in [-0.2, 0) is 6.42 Å². The van der Waals surface area contributed by atoms with Gasteiger partial charge in [-0.25, -0.2) is 14.4 Å². The van der Waals surface area contributed by atoms with Crippen molar-refractivity contribution in [2.45, 2.75) is 110 Å². The number of hydrogen-bond acceptors (Lipinski definition) is 3. The zero-order chi connectivity index (χ0) is 23.7. The van der Waals surface area contributed by atoms with Gasteiger partial charge in [-0.05, 0) is 30.7 Å². The van der Waals surface area contributed by atoms with E-state index in [9.17, 15) is 4.39 Å². The van der Waals surface area contributed by atoms with Crippen molar-refractivity contribution < 1.29 is 9.13 Å². The Morgan fingerprint density at radius 2 is 1.48 bits per heavy atom. The van der Waals surface area contributed by atoms with E-state index < -0.39 is 6.17 Å². The summed E-state index contributed by atoms with van der Waals surface area (Å²) in [4.78, 5) is 8.87.